The number of aliphatic hydroxyl groups is 1. The van der Waals surface area contributed by atoms with E-state index in [1.807, 2.05) is 24.3 Å². The predicted octanol–water partition coefficient (Wildman–Crippen LogP) is 2.59. The van der Waals surface area contributed by atoms with Gasteiger partial charge in [0.1, 0.15) is 5.70 Å². The summed E-state index contributed by atoms with van der Waals surface area (Å²) in [6.07, 6.45) is -0.181. The summed E-state index contributed by atoms with van der Waals surface area (Å²) >= 11 is 0. The Kier molecular flexibility index (Phi) is 7.27. The number of ether oxygens (including phenoxy) is 2. The summed E-state index contributed by atoms with van der Waals surface area (Å²) in [5.41, 5.74) is 3.31. The highest BCUT2D eigenvalue weighted by atomic mass is 16.5. The molecule has 0 unspecified atom stereocenters. The molecule has 0 radical (unpaired) electrons. The number of nitrogens with one attached hydrogen (secondary N) is 1. The van der Waals surface area contributed by atoms with E-state index in [1.54, 1.807) is 38.1 Å². The molecule has 1 amide bonds. The lowest BCUT2D eigenvalue weighted by Crippen LogP contribution is -2.31. The van der Waals surface area contributed by atoms with Gasteiger partial charge in [-0.05, 0) is 49.2 Å². The van der Waals surface area contributed by atoms with E-state index in [0.29, 0.717) is 11.3 Å². The number of amides is 1. The molecule has 32 heavy (non-hydrogen) atoms. The molecule has 2 N–H and O–H groups in total. The molecule has 8 nitrogen and oxygen atoms in total. The lowest BCUT2D eigenvalue weighted by atomic mass is 10.0. The van der Waals surface area contributed by atoms with E-state index in [0.717, 1.165) is 11.1 Å². The van der Waals surface area contributed by atoms with Gasteiger partial charge in [0.25, 0.3) is 5.91 Å². The highest BCUT2D eigenvalue weighted by Gasteiger charge is 2.34. The van der Waals surface area contributed by atoms with Crippen LogP contribution in [0.15, 0.2) is 59.8 Å². The van der Waals surface area contributed by atoms with Crippen LogP contribution in [0.1, 0.15) is 24.2 Å². The average Bonchev–Trinajstić information content (AvgIpc) is 3.09. The lowest BCUT2D eigenvalue weighted by Gasteiger charge is -2.15. The highest BCUT2D eigenvalue weighted by molar-refractivity contribution is 6.08. The van der Waals surface area contributed by atoms with Crippen molar-refractivity contribution in [1.29, 1.82) is 0 Å². The zero-order valence-corrected chi connectivity index (χ0v) is 18.3. The number of hydrogen-bond donors (Lipinski definition) is 2. The van der Waals surface area contributed by atoms with E-state index < -0.39 is 5.97 Å². The van der Waals surface area contributed by atoms with Gasteiger partial charge in [0.15, 0.2) is 0 Å². The van der Waals surface area contributed by atoms with Gasteiger partial charge < -0.3 is 24.8 Å². The number of benzene rings is 2. The Bertz CT molecular complexity index is 1030. The van der Waals surface area contributed by atoms with Crippen LogP contribution in [-0.2, 0) is 19.1 Å². The average molecular weight is 438 g/mol. The Morgan fingerprint density at radius 1 is 1.03 bits per heavy atom. The van der Waals surface area contributed by atoms with Crippen molar-refractivity contribution in [1.82, 2.24) is 4.90 Å². The number of methoxy groups -OCH3 is 1. The number of carbonyl (C=O) groups is 3. The Morgan fingerprint density at radius 2 is 1.62 bits per heavy atom. The maximum absolute atomic E-state index is 12.6. The summed E-state index contributed by atoms with van der Waals surface area (Å²) in [4.78, 5) is 38.1. The monoisotopic (exact) mass is 438 g/mol. The van der Waals surface area contributed by atoms with Crippen molar-refractivity contribution in [2.45, 2.75) is 20.0 Å². The molecule has 0 fully saturated rings. The molecule has 1 heterocycles. The quantitative estimate of drug-likeness (QED) is 0.611. The number of aliphatic hydroxyl groups excluding tert-OH is 1. The van der Waals surface area contributed by atoms with Crippen LogP contribution in [0.5, 0.6) is 0 Å². The van der Waals surface area contributed by atoms with Crippen molar-refractivity contribution in [3.63, 3.8) is 0 Å². The van der Waals surface area contributed by atoms with Crippen molar-refractivity contribution in [3.05, 3.63) is 65.4 Å². The van der Waals surface area contributed by atoms with Gasteiger partial charge in [-0.15, -0.1) is 0 Å². The maximum atomic E-state index is 12.6. The third-order valence-corrected chi connectivity index (χ3v) is 4.90. The molecule has 2 aromatic rings. The van der Waals surface area contributed by atoms with Gasteiger partial charge in [0.2, 0.25) is 0 Å². The molecule has 0 atom stereocenters. The molecule has 0 saturated carbocycles. The summed E-state index contributed by atoms with van der Waals surface area (Å²) in [5, 5.41) is 12.2. The molecule has 168 valence electrons. The first kappa shape index (κ1) is 23.0. The molecule has 1 aliphatic heterocycles. The third-order valence-electron chi connectivity index (χ3n) is 4.90. The van der Waals surface area contributed by atoms with Crippen molar-refractivity contribution in [2.24, 2.45) is 0 Å². The van der Waals surface area contributed by atoms with Crippen molar-refractivity contribution < 1.29 is 29.0 Å². The number of esters is 2. The molecule has 1 aliphatic rings. The second-order valence-corrected chi connectivity index (χ2v) is 7.53. The first-order chi connectivity index (χ1) is 15.3. The van der Waals surface area contributed by atoms with Crippen LogP contribution < -0.4 is 5.32 Å². The lowest BCUT2D eigenvalue weighted by molar-refractivity contribution is -0.136. The first-order valence-electron chi connectivity index (χ1n) is 10.2. The number of rotatable bonds is 8. The van der Waals surface area contributed by atoms with Gasteiger partial charge in [0.05, 0.1) is 37.5 Å². The van der Waals surface area contributed by atoms with Gasteiger partial charge in [-0.2, -0.15) is 0 Å². The van der Waals surface area contributed by atoms with Gasteiger partial charge in [-0.1, -0.05) is 24.3 Å². The zero-order chi connectivity index (χ0) is 23.3. The molecule has 0 saturated heterocycles. The topological polar surface area (TPSA) is 105 Å². The largest absolute Gasteiger partial charge is 0.466 e. The number of hydrogen-bond acceptors (Lipinski definition) is 7. The minimum absolute atomic E-state index is 0.0814. The summed E-state index contributed by atoms with van der Waals surface area (Å²) in [6, 6.07) is 14.4. The van der Waals surface area contributed by atoms with E-state index in [1.165, 1.54) is 12.0 Å². The van der Waals surface area contributed by atoms with Crippen molar-refractivity contribution in [3.8, 4) is 11.1 Å². The number of carbonyl (C=O) groups excluding carboxylic acids is 3. The smallest absolute Gasteiger partial charge is 0.338 e. The van der Waals surface area contributed by atoms with Crippen molar-refractivity contribution >= 4 is 23.5 Å². The Labute approximate surface area is 186 Å². The zero-order valence-electron chi connectivity index (χ0n) is 18.3. The molecule has 2 aromatic carbocycles. The highest BCUT2D eigenvalue weighted by Crippen LogP contribution is 2.26. The molecule has 8 heteroatoms. The molecule has 3 rings (SSSR count). The Hall–Kier alpha value is -3.65. The Morgan fingerprint density at radius 3 is 2.16 bits per heavy atom. The summed E-state index contributed by atoms with van der Waals surface area (Å²) in [6.45, 7) is 3.61. The van der Waals surface area contributed by atoms with Crippen LogP contribution in [-0.4, -0.2) is 60.8 Å². The van der Waals surface area contributed by atoms with Crippen LogP contribution in [0.2, 0.25) is 0 Å². The number of β-amino-alcohol motifs (C(OH)–C–C–N with tert-alkyl or cyclic N) is 1. The minimum atomic E-state index is -0.589. The fourth-order valence-electron chi connectivity index (χ4n) is 3.32. The van der Waals surface area contributed by atoms with Crippen LogP contribution in [0.3, 0.4) is 0 Å². The van der Waals surface area contributed by atoms with Crippen molar-refractivity contribution in [2.75, 3.05) is 32.1 Å². The molecule has 0 spiro atoms. The van der Waals surface area contributed by atoms with E-state index >= 15 is 0 Å². The Balaban J connectivity index is 1.76. The normalized spacial score (nSPS) is 13.5. The van der Waals surface area contributed by atoms with E-state index in [4.69, 9.17) is 14.6 Å². The van der Waals surface area contributed by atoms with E-state index in [-0.39, 0.29) is 48.9 Å². The molecule has 0 bridgehead atoms. The van der Waals surface area contributed by atoms with Crippen LogP contribution in [0, 0.1) is 0 Å². The number of anilines is 1. The number of nitrogens with zero attached hydrogens (tertiary/aromatic N) is 1. The van der Waals surface area contributed by atoms with Gasteiger partial charge in [0, 0.05) is 12.2 Å². The SMILES string of the molecule is COC(=O)C1=C(Nc2ccc(-c3ccc(C(=O)OC(C)C)cc3)cc2)C(=O)N(CCO)C1. The predicted molar refractivity (Wildman–Crippen MR) is 119 cm³/mol. The molecule has 0 aliphatic carbocycles. The van der Waals surface area contributed by atoms with Crippen LogP contribution in [0.25, 0.3) is 11.1 Å². The van der Waals surface area contributed by atoms with Crippen LogP contribution in [0.4, 0.5) is 5.69 Å². The van der Waals surface area contributed by atoms with Gasteiger partial charge in [-0.25, -0.2) is 9.59 Å². The maximum Gasteiger partial charge on any atom is 0.338 e. The molecule has 0 aromatic heterocycles. The minimum Gasteiger partial charge on any atom is -0.466 e. The molecular weight excluding hydrogens is 412 g/mol. The third kappa shape index (κ3) is 5.15. The second-order valence-electron chi connectivity index (χ2n) is 7.53. The first-order valence-corrected chi connectivity index (χ1v) is 10.2. The molecular formula is C24H26N2O6. The fraction of sp³-hybridized carbons (Fsp3) is 0.292. The fourth-order valence-corrected chi connectivity index (χ4v) is 3.32. The van der Waals surface area contributed by atoms with Crippen LogP contribution >= 0.6 is 0 Å². The summed E-state index contributed by atoms with van der Waals surface area (Å²) in [7, 11) is 1.26. The van der Waals surface area contributed by atoms with Gasteiger partial charge >= 0.3 is 11.9 Å². The summed E-state index contributed by atoms with van der Waals surface area (Å²) in [5.74, 6) is -1.32. The second kappa shape index (κ2) is 10.1. The summed E-state index contributed by atoms with van der Waals surface area (Å²) < 4.78 is 9.99. The van der Waals surface area contributed by atoms with E-state index in [9.17, 15) is 14.4 Å². The standard InChI is InChI=1S/C24H26N2O6/c1-15(2)32-23(29)18-6-4-16(5-7-18)17-8-10-19(11-9-17)25-21-20(24(30)31-3)14-26(12-13-27)22(21)28/h4-11,15,25,27H,12-14H2,1-3H3. The van der Waals surface area contributed by atoms with Gasteiger partial charge in [-0.3, -0.25) is 4.79 Å². The van der Waals surface area contributed by atoms with E-state index in [2.05, 4.69) is 5.32 Å².